The number of aryl methyl sites for hydroxylation is 1. The molecule has 0 aliphatic rings. The molecule has 2 aromatic heterocycles. The van der Waals surface area contributed by atoms with Crippen molar-refractivity contribution in [1.82, 2.24) is 25.1 Å². The van der Waals surface area contributed by atoms with E-state index in [1.807, 2.05) is 19.9 Å². The number of hydrogen-bond donors (Lipinski definition) is 2. The highest BCUT2D eigenvalue weighted by Crippen LogP contribution is 2.17. The van der Waals surface area contributed by atoms with E-state index in [-0.39, 0.29) is 6.04 Å². The van der Waals surface area contributed by atoms with E-state index in [1.54, 1.807) is 0 Å². The van der Waals surface area contributed by atoms with E-state index < -0.39 is 0 Å². The van der Waals surface area contributed by atoms with Gasteiger partial charge in [0.2, 0.25) is 5.95 Å². The number of H-pyrrole nitrogens is 1. The van der Waals surface area contributed by atoms with E-state index in [0.29, 0.717) is 11.9 Å². The quantitative estimate of drug-likeness (QED) is 0.864. The summed E-state index contributed by atoms with van der Waals surface area (Å²) >= 11 is 0. The first kappa shape index (κ1) is 12.5. The lowest BCUT2D eigenvalue weighted by molar-refractivity contribution is 0.764. The van der Waals surface area contributed by atoms with Crippen LogP contribution < -0.4 is 5.32 Å². The monoisotopic (exact) mass is 246 g/mol. The summed E-state index contributed by atoms with van der Waals surface area (Å²) in [5.74, 6) is 1.78. The molecule has 2 heterocycles. The van der Waals surface area contributed by atoms with Crippen LogP contribution >= 0.6 is 0 Å². The van der Waals surface area contributed by atoms with Gasteiger partial charge in [-0.1, -0.05) is 13.8 Å². The summed E-state index contributed by atoms with van der Waals surface area (Å²) in [4.78, 5) is 13.0. The van der Waals surface area contributed by atoms with Gasteiger partial charge in [0.15, 0.2) is 0 Å². The summed E-state index contributed by atoms with van der Waals surface area (Å²) in [6, 6.07) is 2.00. The van der Waals surface area contributed by atoms with Crippen molar-refractivity contribution in [2.24, 2.45) is 0 Å². The van der Waals surface area contributed by atoms with Gasteiger partial charge >= 0.3 is 0 Å². The molecule has 0 aliphatic heterocycles. The molecular formula is C12H18N6. The lowest BCUT2D eigenvalue weighted by Crippen LogP contribution is -2.12. The van der Waals surface area contributed by atoms with E-state index in [1.165, 1.54) is 6.33 Å². The van der Waals surface area contributed by atoms with Gasteiger partial charge in [0.05, 0.1) is 6.04 Å². The molecule has 0 fully saturated rings. The molecule has 0 spiro atoms. The second-order valence-corrected chi connectivity index (χ2v) is 4.65. The van der Waals surface area contributed by atoms with Gasteiger partial charge in [-0.05, 0) is 25.8 Å². The van der Waals surface area contributed by atoms with Crippen molar-refractivity contribution in [2.75, 3.05) is 5.32 Å². The van der Waals surface area contributed by atoms with Crippen LogP contribution in [0.3, 0.4) is 0 Å². The van der Waals surface area contributed by atoms with Gasteiger partial charge in [0, 0.05) is 11.4 Å². The molecule has 1 unspecified atom stereocenters. The Hall–Kier alpha value is -1.98. The average molecular weight is 246 g/mol. The first-order chi connectivity index (χ1) is 8.56. The van der Waals surface area contributed by atoms with E-state index in [4.69, 9.17) is 0 Å². The van der Waals surface area contributed by atoms with Crippen LogP contribution in [0.5, 0.6) is 0 Å². The predicted octanol–water partition coefficient (Wildman–Crippen LogP) is 2.20. The smallest absolute Gasteiger partial charge is 0.223 e. The molecule has 6 heteroatoms. The minimum atomic E-state index is -0.00527. The Kier molecular flexibility index (Phi) is 3.55. The van der Waals surface area contributed by atoms with E-state index in [0.717, 1.165) is 17.2 Å². The zero-order valence-corrected chi connectivity index (χ0v) is 11.1. The van der Waals surface area contributed by atoms with Gasteiger partial charge in [-0.2, -0.15) is 5.10 Å². The van der Waals surface area contributed by atoms with Gasteiger partial charge in [-0.25, -0.2) is 15.0 Å². The summed E-state index contributed by atoms with van der Waals surface area (Å²) in [5, 5.41) is 9.89. The molecule has 0 aliphatic carbocycles. The molecule has 0 saturated heterocycles. The highest BCUT2D eigenvalue weighted by atomic mass is 15.2. The van der Waals surface area contributed by atoms with Crippen molar-refractivity contribution in [2.45, 2.75) is 39.7 Å². The highest BCUT2D eigenvalue weighted by molar-refractivity contribution is 5.31. The van der Waals surface area contributed by atoms with Crippen LogP contribution in [0, 0.1) is 6.92 Å². The fraction of sp³-hybridized carbons (Fsp3) is 0.500. The zero-order chi connectivity index (χ0) is 13.1. The Labute approximate surface area is 106 Å². The minimum Gasteiger partial charge on any atom is -0.344 e. The van der Waals surface area contributed by atoms with E-state index in [9.17, 15) is 0 Å². The SMILES string of the molecule is Cc1cc(C(C)C)nc(NC(C)c2ncn[nH]2)n1. The second-order valence-electron chi connectivity index (χ2n) is 4.65. The Morgan fingerprint density at radius 1 is 1.22 bits per heavy atom. The molecule has 6 nitrogen and oxygen atoms in total. The first-order valence-electron chi connectivity index (χ1n) is 6.03. The molecule has 2 rings (SSSR count). The normalized spacial score (nSPS) is 12.7. The average Bonchev–Trinajstić information content (AvgIpc) is 2.81. The van der Waals surface area contributed by atoms with Crippen molar-refractivity contribution in [1.29, 1.82) is 0 Å². The topological polar surface area (TPSA) is 79.4 Å². The van der Waals surface area contributed by atoms with Crippen LogP contribution in [0.15, 0.2) is 12.4 Å². The van der Waals surface area contributed by atoms with Gasteiger partial charge in [0.25, 0.3) is 0 Å². The molecule has 0 amide bonds. The third kappa shape index (κ3) is 2.82. The van der Waals surface area contributed by atoms with Gasteiger partial charge in [-0.15, -0.1) is 0 Å². The molecule has 18 heavy (non-hydrogen) atoms. The van der Waals surface area contributed by atoms with Crippen molar-refractivity contribution in [3.63, 3.8) is 0 Å². The third-order valence-corrected chi connectivity index (χ3v) is 2.65. The van der Waals surface area contributed by atoms with E-state index in [2.05, 4.69) is 44.3 Å². The summed E-state index contributed by atoms with van der Waals surface area (Å²) in [6.45, 7) is 8.19. The number of hydrogen-bond acceptors (Lipinski definition) is 5. The van der Waals surface area contributed by atoms with Crippen LogP contribution in [0.4, 0.5) is 5.95 Å². The number of rotatable bonds is 4. The van der Waals surface area contributed by atoms with Crippen molar-refractivity contribution >= 4 is 5.95 Å². The fourth-order valence-electron chi connectivity index (χ4n) is 1.64. The predicted molar refractivity (Wildman–Crippen MR) is 69.3 cm³/mol. The molecule has 2 N–H and O–H groups in total. The van der Waals surface area contributed by atoms with E-state index >= 15 is 0 Å². The molecule has 0 saturated carbocycles. The Balaban J connectivity index is 2.18. The van der Waals surface area contributed by atoms with Crippen molar-refractivity contribution < 1.29 is 0 Å². The molecule has 0 bridgehead atoms. The molecular weight excluding hydrogens is 228 g/mol. The standard InChI is InChI=1S/C12H18N6/c1-7(2)10-5-8(3)15-12(17-10)16-9(4)11-13-6-14-18-11/h5-7,9H,1-4H3,(H,13,14,18)(H,15,16,17). The Morgan fingerprint density at radius 2 is 2.00 bits per heavy atom. The zero-order valence-electron chi connectivity index (χ0n) is 11.1. The van der Waals surface area contributed by atoms with Crippen molar-refractivity contribution in [3.8, 4) is 0 Å². The maximum atomic E-state index is 4.50. The number of aromatic amines is 1. The number of nitrogens with zero attached hydrogens (tertiary/aromatic N) is 4. The minimum absolute atomic E-state index is 0.00527. The maximum absolute atomic E-state index is 4.50. The van der Waals surface area contributed by atoms with Crippen LogP contribution in [0.1, 0.15) is 49.9 Å². The van der Waals surface area contributed by atoms with Crippen LogP contribution in [0.2, 0.25) is 0 Å². The van der Waals surface area contributed by atoms with Crippen molar-refractivity contribution in [3.05, 3.63) is 29.6 Å². The third-order valence-electron chi connectivity index (χ3n) is 2.65. The summed E-state index contributed by atoms with van der Waals surface area (Å²) in [5.41, 5.74) is 2.00. The lowest BCUT2D eigenvalue weighted by Gasteiger charge is -2.13. The summed E-state index contributed by atoms with van der Waals surface area (Å²) in [6.07, 6.45) is 1.49. The molecule has 96 valence electrons. The highest BCUT2D eigenvalue weighted by Gasteiger charge is 2.11. The molecule has 0 radical (unpaired) electrons. The van der Waals surface area contributed by atoms with Crippen LogP contribution in [-0.4, -0.2) is 25.1 Å². The molecule has 1 atom stereocenters. The maximum Gasteiger partial charge on any atom is 0.223 e. The first-order valence-corrected chi connectivity index (χ1v) is 6.03. The van der Waals surface area contributed by atoms with Gasteiger partial charge < -0.3 is 5.32 Å². The summed E-state index contributed by atoms with van der Waals surface area (Å²) < 4.78 is 0. The van der Waals surface area contributed by atoms with Crippen LogP contribution in [-0.2, 0) is 0 Å². The Bertz CT molecular complexity index is 505. The number of anilines is 1. The molecule has 2 aromatic rings. The van der Waals surface area contributed by atoms with Crippen LogP contribution in [0.25, 0.3) is 0 Å². The number of nitrogens with one attached hydrogen (secondary N) is 2. The van der Waals surface area contributed by atoms with Gasteiger partial charge in [-0.3, -0.25) is 5.10 Å². The summed E-state index contributed by atoms with van der Waals surface area (Å²) in [7, 11) is 0. The number of aromatic nitrogens is 5. The molecule has 0 aromatic carbocycles. The lowest BCUT2D eigenvalue weighted by atomic mass is 10.1. The van der Waals surface area contributed by atoms with Gasteiger partial charge in [0.1, 0.15) is 12.2 Å². The Morgan fingerprint density at radius 3 is 2.61 bits per heavy atom. The largest absolute Gasteiger partial charge is 0.344 e. The second kappa shape index (κ2) is 5.12. The fourth-order valence-corrected chi connectivity index (χ4v) is 1.64.